The van der Waals surface area contributed by atoms with Crippen LogP contribution in [0.2, 0.25) is 5.02 Å². The van der Waals surface area contributed by atoms with Gasteiger partial charge >= 0.3 is 0 Å². The molecule has 5 rings (SSSR count). The number of halogens is 1. The lowest BCUT2D eigenvalue weighted by Gasteiger charge is -2.32. The number of benzene rings is 3. The van der Waals surface area contributed by atoms with Gasteiger partial charge in [-0.25, -0.2) is 4.52 Å². The van der Waals surface area contributed by atoms with Gasteiger partial charge in [-0.3, -0.25) is 14.2 Å². The molecule has 6 nitrogen and oxygen atoms in total. The minimum Gasteiger partial charge on any atom is -0.324 e. The second kappa shape index (κ2) is 10.8. The number of aromatic nitrogens is 3. The van der Waals surface area contributed by atoms with Crippen LogP contribution in [0.4, 0.5) is 0 Å². The summed E-state index contributed by atoms with van der Waals surface area (Å²) in [6.07, 6.45) is 2.34. The summed E-state index contributed by atoms with van der Waals surface area (Å²) in [5.41, 5.74) is 2.85. The van der Waals surface area contributed by atoms with E-state index in [1.807, 2.05) is 73.7 Å². The van der Waals surface area contributed by atoms with E-state index in [2.05, 4.69) is 0 Å². The zero-order valence-corrected chi connectivity index (χ0v) is 21.3. The van der Waals surface area contributed by atoms with E-state index in [9.17, 15) is 9.59 Å². The molecule has 1 unspecified atom stereocenters. The quantitative estimate of drug-likeness (QED) is 0.257. The molecule has 5 aromatic rings. The second-order valence-corrected chi connectivity index (χ2v) is 9.36. The monoisotopic (exact) mass is 510 g/mol. The van der Waals surface area contributed by atoms with Crippen LogP contribution in [-0.2, 0) is 13.1 Å². The lowest BCUT2D eigenvalue weighted by atomic mass is 10.1. The Kier molecular flexibility index (Phi) is 7.19. The van der Waals surface area contributed by atoms with Crippen LogP contribution in [0.3, 0.4) is 0 Å². The summed E-state index contributed by atoms with van der Waals surface area (Å²) in [6.45, 7) is 2.73. The van der Waals surface area contributed by atoms with E-state index >= 15 is 0 Å². The fourth-order valence-corrected chi connectivity index (χ4v) is 4.73. The molecule has 0 aliphatic rings. The molecule has 0 spiro atoms. The van der Waals surface area contributed by atoms with Crippen LogP contribution in [0.15, 0.2) is 108 Å². The zero-order valence-electron chi connectivity index (χ0n) is 20.5. The number of hydrogen-bond donors (Lipinski definition) is 0. The molecule has 1 atom stereocenters. The molecule has 37 heavy (non-hydrogen) atoms. The Morgan fingerprint density at radius 3 is 2.19 bits per heavy atom. The number of hydrogen-bond acceptors (Lipinski definition) is 3. The smallest absolute Gasteiger partial charge is 0.278 e. The van der Waals surface area contributed by atoms with E-state index in [1.165, 1.54) is 0 Å². The summed E-state index contributed by atoms with van der Waals surface area (Å²) in [5, 5.41) is 5.45. The minimum atomic E-state index is -0.452. The van der Waals surface area contributed by atoms with Crippen molar-refractivity contribution in [3.63, 3.8) is 0 Å². The third-order valence-corrected chi connectivity index (χ3v) is 6.72. The normalized spacial score (nSPS) is 11.9. The van der Waals surface area contributed by atoms with E-state index in [0.717, 1.165) is 11.1 Å². The first-order chi connectivity index (χ1) is 18.0. The maximum absolute atomic E-state index is 14.0. The van der Waals surface area contributed by atoms with Crippen molar-refractivity contribution in [2.75, 3.05) is 0 Å². The molecule has 3 aromatic carbocycles. The van der Waals surface area contributed by atoms with Crippen molar-refractivity contribution in [3.05, 3.63) is 141 Å². The molecule has 0 bridgehead atoms. The maximum atomic E-state index is 14.0. The van der Waals surface area contributed by atoms with E-state index in [1.54, 1.807) is 50.5 Å². The van der Waals surface area contributed by atoms with Crippen LogP contribution in [0.25, 0.3) is 5.52 Å². The summed E-state index contributed by atoms with van der Waals surface area (Å²) >= 11 is 6.10. The first-order valence-corrected chi connectivity index (χ1v) is 12.7. The molecule has 2 heterocycles. The van der Waals surface area contributed by atoms with Crippen LogP contribution in [0, 0.1) is 0 Å². The highest BCUT2D eigenvalue weighted by Gasteiger charge is 2.30. The van der Waals surface area contributed by atoms with E-state index in [0.29, 0.717) is 41.4 Å². The van der Waals surface area contributed by atoms with Gasteiger partial charge in [-0.05, 0) is 53.9 Å². The lowest BCUT2D eigenvalue weighted by molar-refractivity contribution is 0.0636. The van der Waals surface area contributed by atoms with Crippen molar-refractivity contribution >= 4 is 23.0 Å². The molecule has 0 saturated heterocycles. The van der Waals surface area contributed by atoms with Crippen LogP contribution < -0.4 is 5.56 Å². The highest BCUT2D eigenvalue weighted by Crippen LogP contribution is 2.27. The third-order valence-electron chi connectivity index (χ3n) is 6.47. The van der Waals surface area contributed by atoms with Crippen molar-refractivity contribution in [1.29, 1.82) is 0 Å². The van der Waals surface area contributed by atoms with Crippen molar-refractivity contribution in [1.82, 2.24) is 19.1 Å². The summed E-state index contributed by atoms with van der Waals surface area (Å²) in [5.74, 6) is 0.388. The Hall–Kier alpha value is -4.16. The summed E-state index contributed by atoms with van der Waals surface area (Å²) in [7, 11) is 0. The minimum absolute atomic E-state index is 0.143. The standard InChI is InChI=1S/C30H27ClN4O2/c1-2-26(33(20-22-10-5-3-6-11-22)29(36)24-15-17-25(31)18-16-24)28-32-35-19-9-14-27(35)30(37)34(28)21-23-12-7-4-8-13-23/h3-19,26H,2,20-21H2,1H3. The molecular weight excluding hydrogens is 484 g/mol. The summed E-state index contributed by atoms with van der Waals surface area (Å²) in [6, 6.07) is 29.7. The Labute approximate surface area is 220 Å². The number of nitrogens with zero attached hydrogens (tertiary/aromatic N) is 4. The van der Waals surface area contributed by atoms with Gasteiger partial charge in [0.1, 0.15) is 5.52 Å². The first-order valence-electron chi connectivity index (χ1n) is 12.3. The average molecular weight is 511 g/mol. The van der Waals surface area contributed by atoms with Crippen LogP contribution in [0.1, 0.15) is 46.7 Å². The summed E-state index contributed by atoms with van der Waals surface area (Å²) < 4.78 is 3.31. The van der Waals surface area contributed by atoms with Crippen molar-refractivity contribution in [3.8, 4) is 0 Å². The fraction of sp³-hybridized carbons (Fsp3) is 0.167. The predicted octanol–water partition coefficient (Wildman–Crippen LogP) is 5.99. The Morgan fingerprint density at radius 1 is 0.892 bits per heavy atom. The van der Waals surface area contributed by atoms with Crippen molar-refractivity contribution < 1.29 is 4.79 Å². The van der Waals surface area contributed by atoms with Gasteiger partial charge in [0.15, 0.2) is 5.82 Å². The predicted molar refractivity (Wildman–Crippen MR) is 146 cm³/mol. The summed E-state index contributed by atoms with van der Waals surface area (Å²) in [4.78, 5) is 29.4. The van der Waals surface area contributed by atoms with E-state index in [4.69, 9.17) is 16.7 Å². The maximum Gasteiger partial charge on any atom is 0.278 e. The largest absolute Gasteiger partial charge is 0.324 e. The first kappa shape index (κ1) is 24.5. The Bertz CT molecular complexity index is 1560. The van der Waals surface area contributed by atoms with Crippen molar-refractivity contribution in [2.24, 2.45) is 0 Å². The third kappa shape index (κ3) is 5.20. The van der Waals surface area contributed by atoms with Crippen molar-refractivity contribution in [2.45, 2.75) is 32.5 Å². The molecule has 0 fully saturated rings. The molecule has 0 N–H and O–H groups in total. The van der Waals surface area contributed by atoms with E-state index < -0.39 is 6.04 Å². The number of rotatable bonds is 8. The Morgan fingerprint density at radius 2 is 1.54 bits per heavy atom. The van der Waals surface area contributed by atoms with Crippen LogP contribution >= 0.6 is 11.6 Å². The lowest BCUT2D eigenvalue weighted by Crippen LogP contribution is -2.39. The van der Waals surface area contributed by atoms with E-state index in [-0.39, 0.29) is 11.5 Å². The molecule has 0 aliphatic carbocycles. The van der Waals surface area contributed by atoms with Gasteiger partial charge in [-0.1, -0.05) is 79.2 Å². The fourth-order valence-electron chi connectivity index (χ4n) is 4.61. The number of amides is 1. The van der Waals surface area contributed by atoms with Gasteiger partial charge in [0.2, 0.25) is 0 Å². The topological polar surface area (TPSA) is 59.6 Å². The second-order valence-electron chi connectivity index (χ2n) is 8.92. The molecule has 186 valence electrons. The average Bonchev–Trinajstić information content (AvgIpc) is 3.41. The highest BCUT2D eigenvalue weighted by molar-refractivity contribution is 6.30. The van der Waals surface area contributed by atoms with Gasteiger partial charge in [0.05, 0.1) is 12.6 Å². The highest BCUT2D eigenvalue weighted by atomic mass is 35.5. The number of carbonyl (C=O) groups excluding carboxylic acids is 1. The van der Waals surface area contributed by atoms with Gasteiger partial charge in [0.25, 0.3) is 11.5 Å². The van der Waals surface area contributed by atoms with Gasteiger partial charge in [-0.15, -0.1) is 0 Å². The van der Waals surface area contributed by atoms with Crippen LogP contribution in [-0.4, -0.2) is 25.0 Å². The Balaban J connectivity index is 1.66. The number of fused-ring (bicyclic) bond motifs is 1. The SMILES string of the molecule is CCC(c1nn2cccc2c(=O)n1Cc1ccccc1)N(Cc1ccccc1)C(=O)c1ccc(Cl)cc1. The molecule has 2 aromatic heterocycles. The molecule has 0 radical (unpaired) electrons. The van der Waals surface area contributed by atoms with Gasteiger partial charge < -0.3 is 4.90 Å². The van der Waals surface area contributed by atoms with Gasteiger partial charge in [-0.2, -0.15) is 5.10 Å². The molecule has 0 saturated carbocycles. The van der Waals surface area contributed by atoms with Gasteiger partial charge in [0, 0.05) is 23.3 Å². The molecule has 0 aliphatic heterocycles. The van der Waals surface area contributed by atoms with Crippen LogP contribution in [0.5, 0.6) is 0 Å². The number of carbonyl (C=O) groups is 1. The molecule has 7 heteroatoms. The zero-order chi connectivity index (χ0) is 25.8. The molecular formula is C30H27ClN4O2. The molecule has 1 amide bonds.